The highest BCUT2D eigenvalue weighted by molar-refractivity contribution is 5.71. The lowest BCUT2D eigenvalue weighted by molar-refractivity contribution is 0.360. The number of hydrogen-bond donors (Lipinski definition) is 2. The molecule has 0 amide bonds. The van der Waals surface area contributed by atoms with E-state index in [9.17, 15) is 0 Å². The molecule has 1 aliphatic rings. The number of para-hydroxylation sites is 2. The summed E-state index contributed by atoms with van der Waals surface area (Å²) in [4.78, 5) is 0. The van der Waals surface area contributed by atoms with Crippen molar-refractivity contribution in [2.24, 2.45) is 0 Å². The normalized spacial score (nSPS) is 12.0. The molecule has 0 aliphatic carbocycles. The molecule has 0 saturated carbocycles. The number of anilines is 2. The van der Waals surface area contributed by atoms with Crippen molar-refractivity contribution in [1.82, 2.24) is 0 Å². The zero-order valence-electron chi connectivity index (χ0n) is 8.44. The fraction of sp³-hybridized carbons (Fsp3) is 0. The van der Waals surface area contributed by atoms with E-state index in [1.807, 2.05) is 24.3 Å². The number of nitrogen functional groups attached to an aromatic ring is 2. The number of ether oxygens (including phenoxy) is 2. The Bertz CT molecular complexity index is 517. The standard InChI is InChI=1S/C12H10N2O2/c13-7-5-11-12(6-8(7)14)16-10-4-2-1-3-9(10)15-11/h1-6H,13-14H2. The van der Waals surface area contributed by atoms with E-state index in [1.54, 1.807) is 12.1 Å². The van der Waals surface area contributed by atoms with Gasteiger partial charge < -0.3 is 20.9 Å². The molecule has 0 radical (unpaired) electrons. The summed E-state index contributed by atoms with van der Waals surface area (Å²) < 4.78 is 11.3. The minimum absolute atomic E-state index is 0.488. The largest absolute Gasteiger partial charge is 0.449 e. The predicted molar refractivity (Wildman–Crippen MR) is 61.9 cm³/mol. The van der Waals surface area contributed by atoms with E-state index in [1.165, 1.54) is 0 Å². The summed E-state index contributed by atoms with van der Waals surface area (Å²) in [6.07, 6.45) is 0. The number of fused-ring (bicyclic) bond motifs is 2. The van der Waals surface area contributed by atoms with Crippen LogP contribution in [-0.4, -0.2) is 0 Å². The number of nitrogens with two attached hydrogens (primary N) is 2. The fourth-order valence-electron chi connectivity index (χ4n) is 1.61. The van der Waals surface area contributed by atoms with Gasteiger partial charge in [-0.05, 0) is 12.1 Å². The lowest BCUT2D eigenvalue weighted by Crippen LogP contribution is -2.02. The van der Waals surface area contributed by atoms with Gasteiger partial charge in [0.15, 0.2) is 23.0 Å². The van der Waals surface area contributed by atoms with Crippen LogP contribution in [0.5, 0.6) is 23.0 Å². The van der Waals surface area contributed by atoms with Crippen molar-refractivity contribution in [1.29, 1.82) is 0 Å². The Morgan fingerprint density at radius 2 is 1.12 bits per heavy atom. The molecule has 0 bridgehead atoms. The van der Waals surface area contributed by atoms with Crippen LogP contribution in [0.15, 0.2) is 36.4 Å². The summed E-state index contributed by atoms with van der Waals surface area (Å²) in [5, 5.41) is 0. The maximum Gasteiger partial charge on any atom is 0.172 e. The molecule has 3 rings (SSSR count). The Kier molecular flexibility index (Phi) is 1.71. The van der Waals surface area contributed by atoms with Crippen LogP contribution in [0.4, 0.5) is 11.4 Å². The average molecular weight is 214 g/mol. The van der Waals surface area contributed by atoms with Crippen molar-refractivity contribution in [3.8, 4) is 23.0 Å². The second-order valence-corrected chi connectivity index (χ2v) is 3.58. The smallest absolute Gasteiger partial charge is 0.172 e. The van der Waals surface area contributed by atoms with Gasteiger partial charge in [-0.2, -0.15) is 0 Å². The number of hydrogen-bond acceptors (Lipinski definition) is 4. The molecule has 4 nitrogen and oxygen atoms in total. The van der Waals surface area contributed by atoms with Crippen LogP contribution in [0.3, 0.4) is 0 Å². The second kappa shape index (κ2) is 3.06. The summed E-state index contributed by atoms with van der Waals surface area (Å²) in [6.45, 7) is 0. The van der Waals surface area contributed by atoms with Crippen LogP contribution in [0.2, 0.25) is 0 Å². The van der Waals surface area contributed by atoms with Crippen LogP contribution < -0.4 is 20.9 Å². The highest BCUT2D eigenvalue weighted by atomic mass is 16.6. The van der Waals surface area contributed by atoms with Gasteiger partial charge in [0, 0.05) is 12.1 Å². The van der Waals surface area contributed by atoms with Crippen LogP contribution in [-0.2, 0) is 0 Å². The molecule has 80 valence electrons. The third kappa shape index (κ3) is 1.24. The van der Waals surface area contributed by atoms with E-state index >= 15 is 0 Å². The van der Waals surface area contributed by atoms with Gasteiger partial charge in [0.1, 0.15) is 0 Å². The zero-order chi connectivity index (χ0) is 11.1. The Morgan fingerprint density at radius 3 is 1.56 bits per heavy atom. The topological polar surface area (TPSA) is 70.5 Å². The molecule has 0 fully saturated rings. The van der Waals surface area contributed by atoms with Crippen molar-refractivity contribution in [2.75, 3.05) is 11.5 Å². The van der Waals surface area contributed by atoms with Crippen molar-refractivity contribution < 1.29 is 9.47 Å². The zero-order valence-corrected chi connectivity index (χ0v) is 8.44. The molecular formula is C12H10N2O2. The monoisotopic (exact) mass is 214 g/mol. The van der Waals surface area contributed by atoms with E-state index in [2.05, 4.69) is 0 Å². The lowest BCUT2D eigenvalue weighted by Gasteiger charge is -2.21. The van der Waals surface area contributed by atoms with Crippen LogP contribution in [0.25, 0.3) is 0 Å². The summed E-state index contributed by atoms with van der Waals surface area (Å²) in [5.74, 6) is 2.54. The van der Waals surface area contributed by atoms with Crippen molar-refractivity contribution in [3.05, 3.63) is 36.4 Å². The quantitative estimate of drug-likeness (QED) is 0.564. The molecule has 2 aromatic rings. The van der Waals surface area contributed by atoms with E-state index < -0.39 is 0 Å². The van der Waals surface area contributed by atoms with Crippen molar-refractivity contribution in [3.63, 3.8) is 0 Å². The summed E-state index contributed by atoms with van der Waals surface area (Å²) >= 11 is 0. The molecular weight excluding hydrogens is 204 g/mol. The summed E-state index contributed by atoms with van der Waals surface area (Å²) in [5.41, 5.74) is 12.4. The first-order valence-electron chi connectivity index (χ1n) is 4.88. The molecule has 0 aromatic heterocycles. The predicted octanol–water partition coefficient (Wildman–Crippen LogP) is 2.75. The van der Waals surface area contributed by atoms with Gasteiger partial charge in [-0.25, -0.2) is 0 Å². The van der Waals surface area contributed by atoms with E-state index in [0.717, 1.165) is 0 Å². The first kappa shape index (κ1) is 8.91. The molecule has 2 aromatic carbocycles. The van der Waals surface area contributed by atoms with Crippen LogP contribution in [0.1, 0.15) is 0 Å². The number of rotatable bonds is 0. The molecule has 0 unspecified atom stereocenters. The third-order valence-electron chi connectivity index (χ3n) is 2.44. The maximum absolute atomic E-state index is 5.70. The number of benzene rings is 2. The lowest BCUT2D eigenvalue weighted by atomic mass is 10.2. The highest BCUT2D eigenvalue weighted by Gasteiger charge is 2.19. The highest BCUT2D eigenvalue weighted by Crippen LogP contribution is 2.46. The van der Waals surface area contributed by atoms with E-state index in [4.69, 9.17) is 20.9 Å². The van der Waals surface area contributed by atoms with Crippen molar-refractivity contribution >= 4 is 11.4 Å². The van der Waals surface area contributed by atoms with Gasteiger partial charge in [0.2, 0.25) is 0 Å². The van der Waals surface area contributed by atoms with Gasteiger partial charge in [-0.15, -0.1) is 0 Å². The molecule has 16 heavy (non-hydrogen) atoms. The Labute approximate surface area is 92.4 Å². The molecule has 4 N–H and O–H groups in total. The summed E-state index contributed by atoms with van der Waals surface area (Å²) in [7, 11) is 0. The molecule has 4 heteroatoms. The molecule has 0 atom stereocenters. The van der Waals surface area contributed by atoms with Crippen molar-refractivity contribution in [2.45, 2.75) is 0 Å². The Hall–Kier alpha value is -2.36. The SMILES string of the molecule is Nc1cc2c(cc1N)Oc1ccccc1O2. The van der Waals surface area contributed by atoms with Crippen LogP contribution in [0, 0.1) is 0 Å². The second-order valence-electron chi connectivity index (χ2n) is 3.58. The Morgan fingerprint density at radius 1 is 0.688 bits per heavy atom. The van der Waals surface area contributed by atoms with E-state index in [-0.39, 0.29) is 0 Å². The van der Waals surface area contributed by atoms with Crippen LogP contribution >= 0.6 is 0 Å². The maximum atomic E-state index is 5.70. The summed E-state index contributed by atoms with van der Waals surface area (Å²) in [6, 6.07) is 10.8. The van der Waals surface area contributed by atoms with E-state index in [0.29, 0.717) is 34.4 Å². The average Bonchev–Trinajstić information content (AvgIpc) is 2.28. The fourth-order valence-corrected chi connectivity index (χ4v) is 1.61. The first-order valence-corrected chi connectivity index (χ1v) is 4.88. The molecule has 0 saturated heterocycles. The van der Waals surface area contributed by atoms with Gasteiger partial charge in [-0.3, -0.25) is 0 Å². The van der Waals surface area contributed by atoms with Gasteiger partial charge in [-0.1, -0.05) is 12.1 Å². The minimum atomic E-state index is 0.488. The molecule has 1 heterocycles. The van der Waals surface area contributed by atoms with Gasteiger partial charge >= 0.3 is 0 Å². The van der Waals surface area contributed by atoms with Gasteiger partial charge in [0.25, 0.3) is 0 Å². The first-order chi connectivity index (χ1) is 7.74. The molecule has 1 aliphatic heterocycles. The van der Waals surface area contributed by atoms with Gasteiger partial charge in [0.05, 0.1) is 11.4 Å². The Balaban J connectivity index is 2.12. The molecule has 0 spiro atoms. The third-order valence-corrected chi connectivity index (χ3v) is 2.44. The minimum Gasteiger partial charge on any atom is -0.449 e.